The van der Waals surface area contributed by atoms with Crippen LogP contribution in [0.15, 0.2) is 30.3 Å². The molecule has 9 nitrogen and oxygen atoms in total. The van der Waals surface area contributed by atoms with Crippen molar-refractivity contribution in [2.75, 3.05) is 6.54 Å². The van der Waals surface area contributed by atoms with Gasteiger partial charge in [-0.2, -0.15) is 0 Å². The summed E-state index contributed by atoms with van der Waals surface area (Å²) in [6, 6.07) is 8.51. The summed E-state index contributed by atoms with van der Waals surface area (Å²) in [6.45, 7) is 5.14. The number of nitrogens with one attached hydrogen (secondary N) is 2. The molecule has 206 valence electrons. The number of hydrogen-bond donors (Lipinski definition) is 2. The standard InChI is InChI=1S/C28H43N3O6/c1-28(2,3)36-27(34)30-24(19-29-26(33)35-20-21-13-7-4-8-14-21)25(32)37-31(22-15-9-5-10-16-22)23-17-11-6-12-18-23/h4,7-8,13-14,22-24H,5-6,9-12,15-20H2,1-3H3,(H,29,33)(H,30,34). The van der Waals surface area contributed by atoms with Crippen LogP contribution >= 0.6 is 0 Å². The highest BCUT2D eigenvalue weighted by Crippen LogP contribution is 2.30. The Kier molecular flexibility index (Phi) is 11.0. The summed E-state index contributed by atoms with van der Waals surface area (Å²) in [7, 11) is 0. The number of hydroxylamine groups is 2. The van der Waals surface area contributed by atoms with Crippen LogP contribution in [0.4, 0.5) is 9.59 Å². The molecule has 0 saturated heterocycles. The molecule has 9 heteroatoms. The topological polar surface area (TPSA) is 106 Å². The highest BCUT2D eigenvalue weighted by molar-refractivity contribution is 5.82. The Hall–Kier alpha value is -2.81. The van der Waals surface area contributed by atoms with Crippen molar-refractivity contribution in [1.82, 2.24) is 15.7 Å². The van der Waals surface area contributed by atoms with E-state index in [1.165, 1.54) is 12.8 Å². The lowest BCUT2D eigenvalue weighted by Gasteiger charge is -2.40. The monoisotopic (exact) mass is 517 g/mol. The maximum atomic E-state index is 13.4. The van der Waals surface area contributed by atoms with E-state index in [0.29, 0.717) is 0 Å². The molecule has 1 aromatic rings. The quantitative estimate of drug-likeness (QED) is 0.432. The summed E-state index contributed by atoms with van der Waals surface area (Å²) in [5, 5.41) is 7.07. The summed E-state index contributed by atoms with van der Waals surface area (Å²) in [5.74, 6) is -0.620. The van der Waals surface area contributed by atoms with Crippen LogP contribution in [-0.2, 0) is 25.7 Å². The van der Waals surface area contributed by atoms with Gasteiger partial charge < -0.3 is 24.9 Å². The lowest BCUT2D eigenvalue weighted by atomic mass is 9.90. The first kappa shape index (κ1) is 28.8. The zero-order valence-electron chi connectivity index (χ0n) is 22.5. The zero-order valence-corrected chi connectivity index (χ0v) is 22.5. The maximum absolute atomic E-state index is 13.4. The van der Waals surface area contributed by atoms with Crippen molar-refractivity contribution in [3.63, 3.8) is 0 Å². The number of ether oxygens (including phenoxy) is 2. The van der Waals surface area contributed by atoms with Gasteiger partial charge in [-0.3, -0.25) is 0 Å². The molecular weight excluding hydrogens is 474 g/mol. The van der Waals surface area contributed by atoms with Gasteiger partial charge in [0, 0.05) is 12.1 Å². The molecule has 2 amide bonds. The Morgan fingerprint density at radius 3 is 2.00 bits per heavy atom. The van der Waals surface area contributed by atoms with E-state index in [-0.39, 0.29) is 25.2 Å². The molecule has 1 unspecified atom stereocenters. The van der Waals surface area contributed by atoms with Gasteiger partial charge in [-0.05, 0) is 52.0 Å². The van der Waals surface area contributed by atoms with Gasteiger partial charge >= 0.3 is 18.2 Å². The Balaban J connectivity index is 1.65. The fourth-order valence-electron chi connectivity index (χ4n) is 4.89. The first-order valence-corrected chi connectivity index (χ1v) is 13.7. The van der Waals surface area contributed by atoms with E-state index in [1.807, 2.05) is 35.4 Å². The molecule has 0 aliphatic heterocycles. The van der Waals surface area contributed by atoms with Gasteiger partial charge in [0.15, 0.2) is 0 Å². The van der Waals surface area contributed by atoms with Gasteiger partial charge in [0.1, 0.15) is 18.2 Å². The van der Waals surface area contributed by atoms with Crippen LogP contribution in [0.1, 0.15) is 90.5 Å². The highest BCUT2D eigenvalue weighted by atomic mass is 16.7. The predicted octanol–water partition coefficient (Wildman–Crippen LogP) is 5.23. The number of carbonyl (C=O) groups excluding carboxylic acids is 3. The van der Waals surface area contributed by atoms with Gasteiger partial charge in [-0.15, -0.1) is 5.06 Å². The van der Waals surface area contributed by atoms with Crippen molar-refractivity contribution in [2.45, 2.75) is 115 Å². The summed E-state index contributed by atoms with van der Waals surface area (Å²) >= 11 is 0. The van der Waals surface area contributed by atoms with Gasteiger partial charge in [-0.25, -0.2) is 14.4 Å². The molecule has 2 saturated carbocycles. The lowest BCUT2D eigenvalue weighted by molar-refractivity contribution is -0.224. The van der Waals surface area contributed by atoms with Crippen molar-refractivity contribution in [1.29, 1.82) is 0 Å². The molecule has 0 aromatic heterocycles. The van der Waals surface area contributed by atoms with Crippen molar-refractivity contribution in [3.8, 4) is 0 Å². The Morgan fingerprint density at radius 1 is 0.892 bits per heavy atom. The number of alkyl carbamates (subject to hydrolysis) is 2. The first-order valence-electron chi connectivity index (χ1n) is 13.7. The molecule has 1 aromatic carbocycles. The second kappa shape index (κ2) is 14.2. The molecule has 2 N–H and O–H groups in total. The van der Waals surface area contributed by atoms with E-state index >= 15 is 0 Å². The molecule has 0 heterocycles. The van der Waals surface area contributed by atoms with E-state index < -0.39 is 29.8 Å². The minimum atomic E-state index is -1.13. The summed E-state index contributed by atoms with van der Waals surface area (Å²) in [6.07, 6.45) is 9.33. The van der Waals surface area contributed by atoms with Crippen LogP contribution in [0.5, 0.6) is 0 Å². The van der Waals surface area contributed by atoms with Crippen molar-refractivity contribution in [2.24, 2.45) is 0 Å². The molecule has 0 radical (unpaired) electrons. The fourth-order valence-corrected chi connectivity index (χ4v) is 4.89. The predicted molar refractivity (Wildman–Crippen MR) is 139 cm³/mol. The maximum Gasteiger partial charge on any atom is 0.408 e. The number of carbonyl (C=O) groups is 3. The van der Waals surface area contributed by atoms with Crippen molar-refractivity contribution >= 4 is 18.2 Å². The number of amides is 2. The SMILES string of the molecule is CC(C)(C)OC(=O)NC(CNC(=O)OCc1ccccc1)C(=O)ON(C1CCCCC1)C1CCCCC1. The zero-order chi connectivity index (χ0) is 26.7. The number of nitrogens with zero attached hydrogens (tertiary/aromatic N) is 1. The van der Waals surface area contributed by atoms with E-state index in [1.54, 1.807) is 20.8 Å². The average Bonchev–Trinajstić information content (AvgIpc) is 2.89. The minimum absolute atomic E-state index is 0.0957. The highest BCUT2D eigenvalue weighted by Gasteiger charge is 2.35. The number of benzene rings is 1. The smallest absolute Gasteiger partial charge is 0.408 e. The molecule has 2 fully saturated rings. The van der Waals surface area contributed by atoms with Crippen molar-refractivity contribution < 1.29 is 28.7 Å². The third-order valence-electron chi connectivity index (χ3n) is 6.70. The number of rotatable bonds is 9. The third-order valence-corrected chi connectivity index (χ3v) is 6.70. The van der Waals surface area contributed by atoms with E-state index in [2.05, 4.69) is 10.6 Å². The van der Waals surface area contributed by atoms with Crippen LogP contribution in [-0.4, -0.2) is 53.5 Å². The normalized spacial score (nSPS) is 18.1. The molecule has 1 atom stereocenters. The second-order valence-corrected chi connectivity index (χ2v) is 11.0. The Bertz CT molecular complexity index is 842. The van der Waals surface area contributed by atoms with Crippen LogP contribution in [0.2, 0.25) is 0 Å². The molecule has 37 heavy (non-hydrogen) atoms. The molecule has 3 rings (SSSR count). The third kappa shape index (κ3) is 10.2. The van der Waals surface area contributed by atoms with E-state index in [4.69, 9.17) is 14.3 Å². The van der Waals surface area contributed by atoms with Gasteiger partial charge in [-0.1, -0.05) is 68.9 Å². The molecule has 2 aliphatic carbocycles. The summed E-state index contributed by atoms with van der Waals surface area (Å²) < 4.78 is 10.6. The van der Waals surface area contributed by atoms with Crippen LogP contribution in [0.25, 0.3) is 0 Å². The Labute approximate surface area is 220 Å². The number of hydrogen-bond acceptors (Lipinski definition) is 7. The minimum Gasteiger partial charge on any atom is -0.445 e. The summed E-state index contributed by atoms with van der Waals surface area (Å²) in [4.78, 5) is 44.3. The second-order valence-electron chi connectivity index (χ2n) is 11.0. The molecular formula is C28H43N3O6. The fraction of sp³-hybridized carbons (Fsp3) is 0.679. The van der Waals surface area contributed by atoms with Gasteiger partial charge in [0.25, 0.3) is 0 Å². The largest absolute Gasteiger partial charge is 0.445 e. The van der Waals surface area contributed by atoms with Crippen LogP contribution in [0.3, 0.4) is 0 Å². The average molecular weight is 518 g/mol. The summed E-state index contributed by atoms with van der Waals surface area (Å²) in [5.41, 5.74) is 0.104. The van der Waals surface area contributed by atoms with Gasteiger partial charge in [0.2, 0.25) is 0 Å². The molecule has 0 spiro atoms. The lowest BCUT2D eigenvalue weighted by Crippen LogP contribution is -2.54. The first-order chi connectivity index (χ1) is 17.7. The molecule has 0 bridgehead atoms. The molecule has 2 aliphatic rings. The van der Waals surface area contributed by atoms with Gasteiger partial charge in [0.05, 0.1) is 6.54 Å². The van der Waals surface area contributed by atoms with Crippen LogP contribution < -0.4 is 10.6 Å². The van der Waals surface area contributed by atoms with Crippen molar-refractivity contribution in [3.05, 3.63) is 35.9 Å². The van der Waals surface area contributed by atoms with E-state index in [0.717, 1.165) is 56.9 Å². The van der Waals surface area contributed by atoms with Crippen LogP contribution in [0, 0.1) is 0 Å². The van der Waals surface area contributed by atoms with E-state index in [9.17, 15) is 14.4 Å². The Morgan fingerprint density at radius 2 is 1.46 bits per heavy atom.